The summed E-state index contributed by atoms with van der Waals surface area (Å²) in [6, 6.07) is 3.49. The van der Waals surface area contributed by atoms with Crippen molar-refractivity contribution in [3.8, 4) is 11.8 Å². The van der Waals surface area contributed by atoms with Crippen molar-refractivity contribution in [3.05, 3.63) is 29.6 Å². The number of nitrogens with zero attached hydrogens (tertiary/aromatic N) is 3. The Bertz CT molecular complexity index is 673. The van der Waals surface area contributed by atoms with Gasteiger partial charge >= 0.3 is 6.09 Å². The standard InChI is InChI=1S/C19H25N3O3/c1-15(23)16-7-8-17(20-14-16)6-5-9-21-10-12-22(13-11-21)18(24)25-19(2,3)4/h7-8,14H,9-13H2,1-4H3. The van der Waals surface area contributed by atoms with E-state index in [0.29, 0.717) is 30.9 Å². The van der Waals surface area contributed by atoms with E-state index in [1.165, 1.54) is 6.92 Å². The van der Waals surface area contributed by atoms with Crippen LogP contribution in [0.2, 0.25) is 0 Å². The summed E-state index contributed by atoms with van der Waals surface area (Å²) in [5.74, 6) is 6.10. The molecular weight excluding hydrogens is 318 g/mol. The molecule has 0 aromatic carbocycles. The van der Waals surface area contributed by atoms with Crippen LogP contribution in [0.5, 0.6) is 0 Å². The third-order valence-corrected chi connectivity index (χ3v) is 3.71. The zero-order valence-corrected chi connectivity index (χ0v) is 15.3. The van der Waals surface area contributed by atoms with Gasteiger partial charge in [-0.05, 0) is 45.7 Å². The van der Waals surface area contributed by atoms with Crippen LogP contribution in [0.4, 0.5) is 4.79 Å². The monoisotopic (exact) mass is 343 g/mol. The Hall–Kier alpha value is -2.39. The lowest BCUT2D eigenvalue weighted by Gasteiger charge is -2.34. The van der Waals surface area contributed by atoms with Crippen molar-refractivity contribution in [2.75, 3.05) is 32.7 Å². The molecule has 2 rings (SSSR count). The summed E-state index contributed by atoms with van der Waals surface area (Å²) in [6.07, 6.45) is 1.29. The van der Waals surface area contributed by atoms with Gasteiger partial charge in [-0.15, -0.1) is 0 Å². The van der Waals surface area contributed by atoms with Crippen LogP contribution in [0, 0.1) is 11.8 Å². The molecule has 6 nitrogen and oxygen atoms in total. The Morgan fingerprint density at radius 3 is 2.40 bits per heavy atom. The Labute approximate surface area is 149 Å². The molecule has 0 atom stereocenters. The minimum Gasteiger partial charge on any atom is -0.444 e. The van der Waals surface area contributed by atoms with E-state index in [-0.39, 0.29) is 11.9 Å². The van der Waals surface area contributed by atoms with Crippen LogP contribution in [0.15, 0.2) is 18.3 Å². The average molecular weight is 343 g/mol. The van der Waals surface area contributed by atoms with E-state index in [4.69, 9.17) is 4.74 Å². The molecule has 6 heteroatoms. The zero-order chi connectivity index (χ0) is 18.4. The summed E-state index contributed by atoms with van der Waals surface area (Å²) >= 11 is 0. The normalized spacial score (nSPS) is 15.3. The quantitative estimate of drug-likeness (QED) is 0.608. The largest absolute Gasteiger partial charge is 0.444 e. The van der Waals surface area contributed by atoms with Crippen molar-refractivity contribution in [3.63, 3.8) is 0 Å². The Balaban J connectivity index is 1.79. The number of hydrogen-bond donors (Lipinski definition) is 0. The van der Waals surface area contributed by atoms with Crippen molar-refractivity contribution < 1.29 is 14.3 Å². The molecule has 0 aliphatic carbocycles. The topological polar surface area (TPSA) is 62.7 Å². The molecule has 1 fully saturated rings. The van der Waals surface area contributed by atoms with Crippen LogP contribution in [0.1, 0.15) is 43.7 Å². The first kappa shape index (κ1) is 18.9. The van der Waals surface area contributed by atoms with E-state index >= 15 is 0 Å². The molecule has 0 saturated carbocycles. The zero-order valence-electron chi connectivity index (χ0n) is 15.3. The van der Waals surface area contributed by atoms with Gasteiger partial charge in [0.2, 0.25) is 0 Å². The molecule has 0 N–H and O–H groups in total. The minimum absolute atomic E-state index is 0.00475. The number of ketones is 1. The predicted molar refractivity (Wildman–Crippen MR) is 95.4 cm³/mol. The second-order valence-corrected chi connectivity index (χ2v) is 7.03. The Morgan fingerprint density at radius 1 is 1.20 bits per heavy atom. The minimum atomic E-state index is -0.468. The average Bonchev–Trinajstić information content (AvgIpc) is 2.54. The van der Waals surface area contributed by atoms with Gasteiger partial charge in [-0.2, -0.15) is 0 Å². The van der Waals surface area contributed by atoms with E-state index in [1.54, 1.807) is 23.2 Å². The molecule has 1 aromatic heterocycles. The van der Waals surface area contributed by atoms with Gasteiger partial charge in [0.25, 0.3) is 0 Å². The summed E-state index contributed by atoms with van der Waals surface area (Å²) < 4.78 is 5.39. The molecule has 25 heavy (non-hydrogen) atoms. The molecule has 1 aromatic rings. The lowest BCUT2D eigenvalue weighted by Crippen LogP contribution is -2.50. The van der Waals surface area contributed by atoms with Crippen molar-refractivity contribution in [1.29, 1.82) is 0 Å². The number of carbonyl (C=O) groups is 2. The fourth-order valence-electron chi connectivity index (χ4n) is 2.33. The highest BCUT2D eigenvalue weighted by Gasteiger charge is 2.25. The lowest BCUT2D eigenvalue weighted by atomic mass is 10.2. The number of piperazine rings is 1. The van der Waals surface area contributed by atoms with Gasteiger partial charge in [0.05, 0.1) is 6.54 Å². The number of pyridine rings is 1. The first-order valence-corrected chi connectivity index (χ1v) is 8.41. The Morgan fingerprint density at radius 2 is 1.88 bits per heavy atom. The molecule has 1 amide bonds. The van der Waals surface area contributed by atoms with E-state index in [0.717, 1.165) is 13.1 Å². The van der Waals surface area contributed by atoms with E-state index in [1.807, 2.05) is 20.8 Å². The molecule has 1 saturated heterocycles. The van der Waals surface area contributed by atoms with Crippen LogP contribution >= 0.6 is 0 Å². The molecule has 2 heterocycles. The van der Waals surface area contributed by atoms with Crippen LogP contribution in [-0.4, -0.2) is 65.0 Å². The van der Waals surface area contributed by atoms with Gasteiger partial charge in [0, 0.05) is 37.9 Å². The van der Waals surface area contributed by atoms with Gasteiger partial charge in [-0.25, -0.2) is 9.78 Å². The van der Waals surface area contributed by atoms with Crippen molar-refractivity contribution in [2.45, 2.75) is 33.3 Å². The number of Topliss-reactive ketones (excluding diaryl/α,β-unsaturated/α-hetero) is 1. The van der Waals surface area contributed by atoms with E-state index < -0.39 is 5.60 Å². The maximum absolute atomic E-state index is 12.0. The van der Waals surface area contributed by atoms with Gasteiger partial charge in [0.15, 0.2) is 5.78 Å². The first-order chi connectivity index (χ1) is 11.7. The molecule has 0 spiro atoms. The van der Waals surface area contributed by atoms with Gasteiger partial charge < -0.3 is 9.64 Å². The second kappa shape index (κ2) is 8.13. The van der Waals surface area contributed by atoms with Gasteiger partial charge in [-0.3, -0.25) is 9.69 Å². The van der Waals surface area contributed by atoms with Crippen molar-refractivity contribution in [2.24, 2.45) is 0 Å². The second-order valence-electron chi connectivity index (χ2n) is 7.03. The summed E-state index contributed by atoms with van der Waals surface area (Å²) in [6.45, 7) is 10.6. The molecule has 0 unspecified atom stereocenters. The predicted octanol–water partition coefficient (Wildman–Crippen LogP) is 2.19. The fraction of sp³-hybridized carbons (Fsp3) is 0.526. The van der Waals surface area contributed by atoms with Crippen molar-refractivity contribution >= 4 is 11.9 Å². The number of carbonyl (C=O) groups excluding carboxylic acids is 2. The summed E-state index contributed by atoms with van der Waals surface area (Å²) in [5.41, 5.74) is 0.770. The van der Waals surface area contributed by atoms with Crippen molar-refractivity contribution in [1.82, 2.24) is 14.8 Å². The number of aromatic nitrogens is 1. The number of rotatable bonds is 2. The number of amides is 1. The summed E-state index contributed by atoms with van der Waals surface area (Å²) in [4.78, 5) is 31.3. The smallest absolute Gasteiger partial charge is 0.410 e. The number of ether oxygens (including phenoxy) is 1. The van der Waals surface area contributed by atoms with Crippen LogP contribution in [-0.2, 0) is 4.74 Å². The van der Waals surface area contributed by atoms with Crippen LogP contribution < -0.4 is 0 Å². The molecule has 134 valence electrons. The summed E-state index contributed by atoms with van der Waals surface area (Å²) in [7, 11) is 0. The molecule has 1 aliphatic rings. The highest BCUT2D eigenvalue weighted by Crippen LogP contribution is 2.11. The van der Waals surface area contributed by atoms with Gasteiger partial charge in [-0.1, -0.05) is 5.92 Å². The maximum atomic E-state index is 12.0. The molecule has 1 aliphatic heterocycles. The van der Waals surface area contributed by atoms with E-state index in [2.05, 4.69) is 21.7 Å². The lowest BCUT2D eigenvalue weighted by molar-refractivity contribution is 0.0155. The molecular formula is C19H25N3O3. The SMILES string of the molecule is CC(=O)c1ccc(C#CCN2CCN(C(=O)OC(C)(C)C)CC2)nc1. The highest BCUT2D eigenvalue weighted by atomic mass is 16.6. The molecule has 0 bridgehead atoms. The van der Waals surface area contributed by atoms with Gasteiger partial charge in [0.1, 0.15) is 11.3 Å². The first-order valence-electron chi connectivity index (χ1n) is 8.41. The molecule has 0 radical (unpaired) electrons. The fourth-order valence-corrected chi connectivity index (χ4v) is 2.33. The number of hydrogen-bond acceptors (Lipinski definition) is 5. The van der Waals surface area contributed by atoms with E-state index in [9.17, 15) is 9.59 Å². The highest BCUT2D eigenvalue weighted by molar-refractivity contribution is 5.93. The Kier molecular flexibility index (Phi) is 6.16. The third-order valence-electron chi connectivity index (χ3n) is 3.71. The van der Waals surface area contributed by atoms with Crippen LogP contribution in [0.25, 0.3) is 0 Å². The third kappa shape index (κ3) is 6.20. The summed E-state index contributed by atoms with van der Waals surface area (Å²) in [5, 5.41) is 0. The van der Waals surface area contributed by atoms with Crippen LogP contribution in [0.3, 0.4) is 0 Å². The maximum Gasteiger partial charge on any atom is 0.410 e.